The second-order valence-electron chi connectivity index (χ2n) is 5.96. The maximum Gasteiger partial charge on any atom is 0.393 e. The van der Waals surface area contributed by atoms with Crippen LogP contribution in [0.2, 0.25) is 0 Å². The SMILES string of the molecule is FC(F)(F)C1CCCN(CC2(CBr)CCCC2)C1. The Kier molecular flexibility index (Phi) is 4.63. The van der Waals surface area contributed by atoms with E-state index in [9.17, 15) is 13.2 Å². The Bertz CT molecular complexity index is 274. The summed E-state index contributed by atoms with van der Waals surface area (Å²) < 4.78 is 38.3. The van der Waals surface area contributed by atoms with Gasteiger partial charge in [-0.2, -0.15) is 13.2 Å². The molecule has 1 saturated heterocycles. The number of piperidine rings is 1. The Morgan fingerprint density at radius 1 is 1.17 bits per heavy atom. The Balaban J connectivity index is 1.93. The highest BCUT2D eigenvalue weighted by molar-refractivity contribution is 9.09. The van der Waals surface area contributed by atoms with E-state index in [1.165, 1.54) is 12.8 Å². The Labute approximate surface area is 115 Å². The van der Waals surface area contributed by atoms with Crippen LogP contribution in [0.15, 0.2) is 0 Å². The molecule has 2 rings (SSSR count). The fourth-order valence-electron chi connectivity index (χ4n) is 3.40. The quantitative estimate of drug-likeness (QED) is 0.701. The lowest BCUT2D eigenvalue weighted by molar-refractivity contribution is -0.187. The Morgan fingerprint density at radius 3 is 2.39 bits per heavy atom. The molecule has 0 aromatic carbocycles. The summed E-state index contributed by atoms with van der Waals surface area (Å²) in [6.45, 7) is 1.88. The van der Waals surface area contributed by atoms with Crippen molar-refractivity contribution in [3.63, 3.8) is 0 Å². The number of hydrogen-bond donors (Lipinski definition) is 0. The van der Waals surface area contributed by atoms with Gasteiger partial charge in [0.25, 0.3) is 0 Å². The third-order valence-electron chi connectivity index (χ3n) is 4.48. The van der Waals surface area contributed by atoms with Crippen molar-refractivity contribution in [1.29, 1.82) is 0 Å². The lowest BCUT2D eigenvalue weighted by Gasteiger charge is -2.39. The zero-order chi connectivity index (χ0) is 13.2. The normalized spacial score (nSPS) is 29.7. The molecule has 0 radical (unpaired) electrons. The summed E-state index contributed by atoms with van der Waals surface area (Å²) >= 11 is 3.57. The fourth-order valence-corrected chi connectivity index (χ4v) is 4.14. The molecule has 2 aliphatic rings. The lowest BCUT2D eigenvalue weighted by atomic mass is 9.86. The molecule has 106 valence electrons. The van der Waals surface area contributed by atoms with E-state index in [0.717, 1.165) is 31.3 Å². The number of likely N-dealkylation sites (tertiary alicyclic amines) is 1. The van der Waals surface area contributed by atoms with Crippen LogP contribution in [0, 0.1) is 11.3 Å². The van der Waals surface area contributed by atoms with Gasteiger partial charge in [0.1, 0.15) is 0 Å². The molecular formula is C13H21BrF3N. The molecule has 1 atom stereocenters. The highest BCUT2D eigenvalue weighted by Crippen LogP contribution is 2.42. The zero-order valence-corrected chi connectivity index (χ0v) is 12.2. The van der Waals surface area contributed by atoms with Crippen LogP contribution in [0.3, 0.4) is 0 Å². The van der Waals surface area contributed by atoms with Crippen molar-refractivity contribution < 1.29 is 13.2 Å². The van der Waals surface area contributed by atoms with Crippen molar-refractivity contribution in [1.82, 2.24) is 4.90 Å². The van der Waals surface area contributed by atoms with Gasteiger partial charge in [0, 0.05) is 18.4 Å². The van der Waals surface area contributed by atoms with Crippen LogP contribution >= 0.6 is 15.9 Å². The third-order valence-corrected chi connectivity index (χ3v) is 5.66. The number of halogens is 4. The average molecular weight is 328 g/mol. The van der Waals surface area contributed by atoms with Crippen molar-refractivity contribution >= 4 is 15.9 Å². The number of hydrogen-bond acceptors (Lipinski definition) is 1. The molecule has 1 nitrogen and oxygen atoms in total. The Morgan fingerprint density at radius 2 is 1.83 bits per heavy atom. The molecule has 5 heteroatoms. The minimum Gasteiger partial charge on any atom is -0.302 e. The minimum atomic E-state index is -4.02. The van der Waals surface area contributed by atoms with E-state index in [0.29, 0.717) is 12.8 Å². The van der Waals surface area contributed by atoms with E-state index in [1.807, 2.05) is 4.90 Å². The summed E-state index contributed by atoms with van der Waals surface area (Å²) in [6.07, 6.45) is 1.74. The van der Waals surface area contributed by atoms with Gasteiger partial charge < -0.3 is 4.90 Å². The molecule has 0 aromatic heterocycles. The summed E-state index contributed by atoms with van der Waals surface area (Å²) in [5.74, 6) is -1.11. The number of alkyl halides is 4. The highest BCUT2D eigenvalue weighted by Gasteiger charge is 2.43. The lowest BCUT2D eigenvalue weighted by Crippen LogP contribution is -2.46. The van der Waals surface area contributed by atoms with Gasteiger partial charge in [-0.3, -0.25) is 0 Å². The molecule has 0 N–H and O–H groups in total. The zero-order valence-electron chi connectivity index (χ0n) is 10.6. The largest absolute Gasteiger partial charge is 0.393 e. The average Bonchev–Trinajstić information content (AvgIpc) is 2.77. The van der Waals surface area contributed by atoms with Crippen LogP contribution in [0.5, 0.6) is 0 Å². The van der Waals surface area contributed by atoms with Crippen LogP contribution in [-0.4, -0.2) is 36.0 Å². The van der Waals surface area contributed by atoms with Gasteiger partial charge >= 0.3 is 6.18 Å². The van der Waals surface area contributed by atoms with Gasteiger partial charge in [-0.25, -0.2) is 0 Å². The second kappa shape index (κ2) is 5.70. The van der Waals surface area contributed by atoms with Crippen molar-refractivity contribution in [3.8, 4) is 0 Å². The van der Waals surface area contributed by atoms with Gasteiger partial charge in [0.2, 0.25) is 0 Å². The first-order chi connectivity index (χ1) is 8.45. The minimum absolute atomic E-state index is 0.207. The van der Waals surface area contributed by atoms with Gasteiger partial charge in [0.15, 0.2) is 0 Å². The molecule has 0 spiro atoms. The van der Waals surface area contributed by atoms with Gasteiger partial charge in [-0.15, -0.1) is 0 Å². The predicted molar refractivity (Wildman–Crippen MR) is 69.9 cm³/mol. The summed E-state index contributed by atoms with van der Waals surface area (Å²) in [5, 5.41) is 0.924. The first-order valence-corrected chi connectivity index (χ1v) is 7.92. The van der Waals surface area contributed by atoms with Crippen LogP contribution < -0.4 is 0 Å². The standard InChI is InChI=1S/C13H21BrF3N/c14-9-12(5-1-2-6-12)10-18-7-3-4-11(8-18)13(15,16)17/h11H,1-10H2. The molecule has 1 unspecified atom stereocenters. The van der Waals surface area contributed by atoms with Gasteiger partial charge in [-0.05, 0) is 37.6 Å². The van der Waals surface area contributed by atoms with Crippen LogP contribution in [0.1, 0.15) is 38.5 Å². The molecule has 2 fully saturated rings. The molecule has 0 bridgehead atoms. The Hall–Kier alpha value is 0.230. The van der Waals surface area contributed by atoms with E-state index in [4.69, 9.17) is 0 Å². The van der Waals surface area contributed by atoms with Crippen molar-refractivity contribution in [2.75, 3.05) is 25.0 Å². The molecule has 1 aliphatic heterocycles. The number of rotatable bonds is 3. The van der Waals surface area contributed by atoms with Crippen LogP contribution in [-0.2, 0) is 0 Å². The molecule has 0 aromatic rings. The van der Waals surface area contributed by atoms with E-state index in [2.05, 4.69) is 15.9 Å². The van der Waals surface area contributed by atoms with E-state index >= 15 is 0 Å². The van der Waals surface area contributed by atoms with Crippen LogP contribution in [0.4, 0.5) is 13.2 Å². The molecular weight excluding hydrogens is 307 g/mol. The molecule has 1 saturated carbocycles. The molecule has 1 heterocycles. The topological polar surface area (TPSA) is 3.24 Å². The van der Waals surface area contributed by atoms with E-state index in [1.54, 1.807) is 0 Å². The van der Waals surface area contributed by atoms with Crippen molar-refractivity contribution in [2.45, 2.75) is 44.7 Å². The maximum atomic E-state index is 12.8. The molecule has 0 amide bonds. The van der Waals surface area contributed by atoms with Gasteiger partial charge in [-0.1, -0.05) is 28.8 Å². The number of nitrogens with zero attached hydrogens (tertiary/aromatic N) is 1. The summed E-state index contributed by atoms with van der Waals surface area (Å²) in [7, 11) is 0. The van der Waals surface area contributed by atoms with E-state index < -0.39 is 12.1 Å². The summed E-state index contributed by atoms with van der Waals surface area (Å²) in [4.78, 5) is 2.05. The predicted octanol–water partition coefficient (Wildman–Crippen LogP) is 4.22. The first-order valence-electron chi connectivity index (χ1n) is 6.80. The third kappa shape index (κ3) is 3.41. The van der Waals surface area contributed by atoms with Crippen molar-refractivity contribution in [2.24, 2.45) is 11.3 Å². The molecule has 1 aliphatic carbocycles. The maximum absolute atomic E-state index is 12.8. The summed E-state index contributed by atoms with van der Waals surface area (Å²) in [6, 6.07) is 0. The van der Waals surface area contributed by atoms with Gasteiger partial charge in [0.05, 0.1) is 5.92 Å². The monoisotopic (exact) mass is 327 g/mol. The van der Waals surface area contributed by atoms with Crippen molar-refractivity contribution in [3.05, 3.63) is 0 Å². The molecule has 18 heavy (non-hydrogen) atoms. The summed E-state index contributed by atoms with van der Waals surface area (Å²) in [5.41, 5.74) is 0.230. The smallest absolute Gasteiger partial charge is 0.302 e. The first kappa shape index (κ1) is 14.6. The second-order valence-corrected chi connectivity index (χ2v) is 6.52. The van der Waals surface area contributed by atoms with Crippen LogP contribution in [0.25, 0.3) is 0 Å². The fraction of sp³-hybridized carbons (Fsp3) is 1.00. The van der Waals surface area contributed by atoms with E-state index in [-0.39, 0.29) is 12.0 Å². The highest BCUT2D eigenvalue weighted by atomic mass is 79.9.